The van der Waals surface area contributed by atoms with E-state index in [-0.39, 0.29) is 24.2 Å². The molecule has 0 aliphatic carbocycles. The van der Waals surface area contributed by atoms with Crippen LogP contribution in [0.3, 0.4) is 0 Å². The van der Waals surface area contributed by atoms with Gasteiger partial charge in [0, 0.05) is 18.3 Å². The van der Waals surface area contributed by atoms with Crippen LogP contribution in [0.1, 0.15) is 24.7 Å². The quantitative estimate of drug-likeness (QED) is 0.691. The smallest absolute Gasteiger partial charge is 0.316 e. The zero-order valence-electron chi connectivity index (χ0n) is 16.3. The number of ether oxygens (including phenoxy) is 1. The molecule has 0 bridgehead atoms. The maximum Gasteiger partial charge on any atom is 0.316 e. The number of esters is 1. The van der Waals surface area contributed by atoms with Crippen LogP contribution in [0.4, 0.5) is 11.5 Å². The number of rotatable bonds is 7. The Labute approximate surface area is 172 Å². The Morgan fingerprint density at radius 3 is 2.90 bits per heavy atom. The molecule has 8 nitrogen and oxygen atoms in total. The van der Waals surface area contributed by atoms with Gasteiger partial charge in [0.1, 0.15) is 5.76 Å². The van der Waals surface area contributed by atoms with Crippen molar-refractivity contribution in [3.8, 4) is 0 Å². The molecule has 154 valence electrons. The lowest BCUT2D eigenvalue weighted by molar-refractivity contribution is -0.145. The summed E-state index contributed by atoms with van der Waals surface area (Å²) < 4.78 is 10.0. The van der Waals surface area contributed by atoms with Gasteiger partial charge in [-0.05, 0) is 38.3 Å². The first kappa shape index (κ1) is 20.9. The van der Waals surface area contributed by atoms with E-state index >= 15 is 0 Å². The van der Waals surface area contributed by atoms with Crippen molar-refractivity contribution in [2.45, 2.75) is 31.9 Å². The number of fused-ring (bicyclic) bond motifs is 1. The molecule has 9 heteroatoms. The summed E-state index contributed by atoms with van der Waals surface area (Å²) in [4.78, 5) is 38.2. The molecule has 2 heterocycles. The lowest BCUT2D eigenvalue weighted by atomic mass is 10.0. The van der Waals surface area contributed by atoms with Gasteiger partial charge in [-0.15, -0.1) is 11.8 Å². The van der Waals surface area contributed by atoms with Crippen molar-refractivity contribution in [1.82, 2.24) is 5.16 Å². The summed E-state index contributed by atoms with van der Waals surface area (Å²) in [5.41, 5.74) is 2.00. The topological polar surface area (TPSA) is 102 Å². The standard InChI is InChI=1S/C20H23N3O5S/c1-13-10-17(22-28-13)21-20(26)14(2)29-12-19(25)27-11-18(24)23-9-5-7-15-6-3-4-8-16(15)23/h3-4,6,8,10,14H,5,7,9,11-12H2,1-2H3,(H,21,22,26)/t14-/m1/s1. The van der Waals surface area contributed by atoms with Crippen LogP contribution in [0.2, 0.25) is 0 Å². The van der Waals surface area contributed by atoms with Gasteiger partial charge in [0.2, 0.25) is 5.91 Å². The maximum atomic E-state index is 12.5. The number of nitrogens with zero attached hydrogens (tertiary/aromatic N) is 2. The SMILES string of the molecule is Cc1cc(NC(=O)[C@@H](C)SCC(=O)OCC(=O)N2CCCc3ccccc32)no1. The molecular formula is C20H23N3O5S. The third kappa shape index (κ3) is 5.60. The lowest BCUT2D eigenvalue weighted by Crippen LogP contribution is -2.38. The average Bonchev–Trinajstić information content (AvgIpc) is 3.14. The normalized spacial score (nSPS) is 14.1. The van der Waals surface area contributed by atoms with E-state index in [0.717, 1.165) is 35.9 Å². The predicted octanol–water partition coefficient (Wildman–Crippen LogP) is 2.57. The molecular weight excluding hydrogens is 394 g/mol. The minimum Gasteiger partial charge on any atom is -0.455 e. The number of hydrogen-bond acceptors (Lipinski definition) is 7. The Hall–Kier alpha value is -2.81. The van der Waals surface area contributed by atoms with E-state index < -0.39 is 11.2 Å². The van der Waals surface area contributed by atoms with Gasteiger partial charge in [0.05, 0.1) is 11.0 Å². The number of benzene rings is 1. The summed E-state index contributed by atoms with van der Waals surface area (Å²) >= 11 is 1.12. The number of aryl methyl sites for hydroxylation is 2. The van der Waals surface area contributed by atoms with Crippen molar-refractivity contribution >= 4 is 41.1 Å². The molecule has 2 aromatic rings. The van der Waals surface area contributed by atoms with Crippen LogP contribution in [-0.2, 0) is 25.5 Å². The number of thioether (sulfide) groups is 1. The molecule has 0 saturated carbocycles. The van der Waals surface area contributed by atoms with Crippen molar-refractivity contribution < 1.29 is 23.6 Å². The van der Waals surface area contributed by atoms with Gasteiger partial charge in [0.25, 0.3) is 5.91 Å². The molecule has 0 fully saturated rings. The second kappa shape index (κ2) is 9.60. The van der Waals surface area contributed by atoms with E-state index in [4.69, 9.17) is 9.26 Å². The Morgan fingerprint density at radius 2 is 2.14 bits per heavy atom. The summed E-state index contributed by atoms with van der Waals surface area (Å²) in [6.45, 7) is 3.70. The number of para-hydroxylation sites is 1. The maximum absolute atomic E-state index is 12.5. The molecule has 29 heavy (non-hydrogen) atoms. The molecule has 0 saturated heterocycles. The van der Waals surface area contributed by atoms with Gasteiger partial charge < -0.3 is 19.5 Å². The minimum atomic E-state index is -0.537. The third-order valence-corrected chi connectivity index (χ3v) is 5.58. The summed E-state index contributed by atoms with van der Waals surface area (Å²) in [5.74, 6) is -0.193. The number of amides is 2. The summed E-state index contributed by atoms with van der Waals surface area (Å²) in [5, 5.41) is 5.81. The predicted molar refractivity (Wildman–Crippen MR) is 110 cm³/mol. The first-order valence-corrected chi connectivity index (χ1v) is 10.4. The zero-order chi connectivity index (χ0) is 20.8. The van der Waals surface area contributed by atoms with Crippen LogP contribution in [-0.4, -0.2) is 47.1 Å². The first-order chi connectivity index (χ1) is 13.9. The van der Waals surface area contributed by atoms with Crippen molar-refractivity contribution in [1.29, 1.82) is 0 Å². The number of carbonyl (C=O) groups is 3. The molecule has 1 aromatic carbocycles. The van der Waals surface area contributed by atoms with Crippen molar-refractivity contribution in [2.24, 2.45) is 0 Å². The third-order valence-electron chi connectivity index (χ3n) is 4.47. The van der Waals surface area contributed by atoms with Crippen molar-refractivity contribution in [3.63, 3.8) is 0 Å². The number of nitrogens with one attached hydrogen (secondary N) is 1. The van der Waals surface area contributed by atoms with Crippen LogP contribution in [0.25, 0.3) is 0 Å². The number of anilines is 2. The highest BCUT2D eigenvalue weighted by Gasteiger charge is 2.23. The lowest BCUT2D eigenvalue weighted by Gasteiger charge is -2.29. The Morgan fingerprint density at radius 1 is 1.34 bits per heavy atom. The fraction of sp³-hybridized carbons (Fsp3) is 0.400. The molecule has 0 radical (unpaired) electrons. The molecule has 1 aliphatic rings. The molecule has 3 rings (SSSR count). The Balaban J connectivity index is 1.42. The Kier molecular flexibility index (Phi) is 6.92. The fourth-order valence-electron chi connectivity index (χ4n) is 2.98. The molecule has 1 atom stereocenters. The highest BCUT2D eigenvalue weighted by molar-refractivity contribution is 8.01. The Bertz CT molecular complexity index is 898. The van der Waals surface area contributed by atoms with E-state index in [1.807, 2.05) is 24.3 Å². The zero-order valence-corrected chi connectivity index (χ0v) is 17.2. The van der Waals surface area contributed by atoms with Crippen LogP contribution < -0.4 is 10.2 Å². The summed E-state index contributed by atoms with van der Waals surface area (Å²) in [6.07, 6.45) is 1.81. The average molecular weight is 417 g/mol. The van der Waals surface area contributed by atoms with E-state index in [0.29, 0.717) is 18.1 Å². The number of aromatic nitrogens is 1. The second-order valence-corrected chi connectivity index (χ2v) is 8.03. The van der Waals surface area contributed by atoms with Crippen LogP contribution in [0.5, 0.6) is 0 Å². The van der Waals surface area contributed by atoms with E-state index in [1.165, 1.54) is 0 Å². The second-order valence-electron chi connectivity index (χ2n) is 6.70. The van der Waals surface area contributed by atoms with Gasteiger partial charge >= 0.3 is 5.97 Å². The minimum absolute atomic E-state index is 0.0315. The first-order valence-electron chi connectivity index (χ1n) is 9.33. The van der Waals surface area contributed by atoms with Crippen LogP contribution in [0, 0.1) is 6.92 Å². The largest absolute Gasteiger partial charge is 0.455 e. The van der Waals surface area contributed by atoms with Gasteiger partial charge in [0.15, 0.2) is 12.4 Å². The van der Waals surface area contributed by atoms with E-state index in [2.05, 4.69) is 10.5 Å². The molecule has 1 aliphatic heterocycles. The summed E-state index contributed by atoms with van der Waals surface area (Å²) in [7, 11) is 0. The molecule has 0 spiro atoms. The van der Waals surface area contributed by atoms with E-state index in [1.54, 1.807) is 24.8 Å². The fourth-order valence-corrected chi connectivity index (χ4v) is 3.66. The van der Waals surface area contributed by atoms with Gasteiger partial charge in [-0.2, -0.15) is 0 Å². The molecule has 2 amide bonds. The molecule has 0 unspecified atom stereocenters. The highest BCUT2D eigenvalue weighted by Crippen LogP contribution is 2.26. The highest BCUT2D eigenvalue weighted by atomic mass is 32.2. The van der Waals surface area contributed by atoms with Gasteiger partial charge in [-0.25, -0.2) is 0 Å². The van der Waals surface area contributed by atoms with Crippen LogP contribution >= 0.6 is 11.8 Å². The van der Waals surface area contributed by atoms with Crippen molar-refractivity contribution in [3.05, 3.63) is 41.7 Å². The molecule has 1 N–H and O–H groups in total. The van der Waals surface area contributed by atoms with E-state index in [9.17, 15) is 14.4 Å². The van der Waals surface area contributed by atoms with Gasteiger partial charge in [-0.1, -0.05) is 23.4 Å². The van der Waals surface area contributed by atoms with Gasteiger partial charge in [-0.3, -0.25) is 14.4 Å². The van der Waals surface area contributed by atoms with Crippen LogP contribution in [0.15, 0.2) is 34.9 Å². The summed E-state index contributed by atoms with van der Waals surface area (Å²) in [6, 6.07) is 9.35. The van der Waals surface area contributed by atoms with Crippen molar-refractivity contribution in [2.75, 3.05) is 29.1 Å². The monoisotopic (exact) mass is 417 g/mol. The number of hydrogen-bond donors (Lipinski definition) is 1. The molecule has 1 aromatic heterocycles. The number of carbonyl (C=O) groups excluding carboxylic acids is 3.